The third-order valence-corrected chi connectivity index (χ3v) is 6.27. The van der Waals surface area contributed by atoms with Gasteiger partial charge in [0.05, 0.1) is 25.1 Å². The molecule has 0 aromatic heterocycles. The van der Waals surface area contributed by atoms with Gasteiger partial charge in [-0.2, -0.15) is 0 Å². The number of carbonyl (C=O) groups excluding carboxylic acids is 1. The molecule has 0 fully saturated rings. The van der Waals surface area contributed by atoms with E-state index in [9.17, 15) is 13.2 Å². The quantitative estimate of drug-likeness (QED) is 0.717. The normalized spacial score (nSPS) is 14.0. The van der Waals surface area contributed by atoms with E-state index in [0.717, 1.165) is 16.1 Å². The zero-order valence-electron chi connectivity index (χ0n) is 18.8. The second-order valence-electron chi connectivity index (χ2n) is 8.54. The van der Waals surface area contributed by atoms with Crippen LogP contribution in [0.2, 0.25) is 0 Å². The second kappa shape index (κ2) is 9.08. The van der Waals surface area contributed by atoms with Crippen LogP contribution in [0.3, 0.4) is 0 Å². The fraction of sp³-hybridized carbons (Fsp3) is 0.435. The van der Waals surface area contributed by atoms with E-state index in [1.54, 1.807) is 31.2 Å². The summed E-state index contributed by atoms with van der Waals surface area (Å²) in [7, 11) is -2.19. The van der Waals surface area contributed by atoms with Gasteiger partial charge < -0.3 is 10.1 Å². The minimum atomic E-state index is -3.69. The van der Waals surface area contributed by atoms with Gasteiger partial charge in [-0.15, -0.1) is 0 Å². The van der Waals surface area contributed by atoms with Crippen LogP contribution in [0.1, 0.15) is 51.8 Å². The first kappa shape index (κ1) is 23.7. The number of methoxy groups -OCH3 is 1. The van der Waals surface area contributed by atoms with Gasteiger partial charge in [-0.25, -0.2) is 8.42 Å². The van der Waals surface area contributed by atoms with E-state index >= 15 is 0 Å². The number of hydrogen-bond acceptors (Lipinski definition) is 4. The molecule has 6 nitrogen and oxygen atoms in total. The van der Waals surface area contributed by atoms with Crippen LogP contribution in [0.25, 0.3) is 0 Å². The lowest BCUT2D eigenvalue weighted by atomic mass is 9.86. The number of carbonyl (C=O) groups is 1. The number of anilines is 1. The summed E-state index contributed by atoms with van der Waals surface area (Å²) in [5.41, 5.74) is 2.59. The van der Waals surface area contributed by atoms with Gasteiger partial charge in [0.2, 0.25) is 15.9 Å². The maximum absolute atomic E-state index is 12.9. The summed E-state index contributed by atoms with van der Waals surface area (Å²) >= 11 is 0. The van der Waals surface area contributed by atoms with Crippen molar-refractivity contribution in [3.05, 3.63) is 59.7 Å². The highest BCUT2D eigenvalue weighted by atomic mass is 32.2. The van der Waals surface area contributed by atoms with Crippen molar-refractivity contribution >= 4 is 21.6 Å². The summed E-state index contributed by atoms with van der Waals surface area (Å²) < 4.78 is 31.2. The van der Waals surface area contributed by atoms with E-state index in [-0.39, 0.29) is 17.4 Å². The molecular weight excluding hydrogens is 400 g/mol. The number of nitrogens with one attached hydrogen (secondary N) is 1. The minimum Gasteiger partial charge on any atom is -0.497 e. The predicted molar refractivity (Wildman–Crippen MR) is 121 cm³/mol. The van der Waals surface area contributed by atoms with Crippen molar-refractivity contribution in [3.63, 3.8) is 0 Å². The fourth-order valence-electron chi connectivity index (χ4n) is 3.25. The highest BCUT2D eigenvalue weighted by Gasteiger charge is 2.30. The molecule has 0 aliphatic heterocycles. The Bertz CT molecular complexity index is 979. The Morgan fingerprint density at radius 3 is 2.17 bits per heavy atom. The predicted octanol–water partition coefficient (Wildman–Crippen LogP) is 4.02. The summed E-state index contributed by atoms with van der Waals surface area (Å²) in [5.74, 6) is 0.136. The average molecular weight is 433 g/mol. The molecular formula is C23H32N2O4S. The summed E-state index contributed by atoms with van der Waals surface area (Å²) in [4.78, 5) is 12.9. The molecule has 2 atom stereocenters. The Morgan fingerprint density at radius 2 is 1.67 bits per heavy atom. The highest BCUT2D eigenvalue weighted by Crippen LogP contribution is 2.26. The van der Waals surface area contributed by atoms with Crippen molar-refractivity contribution in [1.82, 2.24) is 5.32 Å². The van der Waals surface area contributed by atoms with Crippen LogP contribution >= 0.6 is 0 Å². The number of ether oxygens (including phenoxy) is 1. The average Bonchev–Trinajstić information content (AvgIpc) is 2.66. The van der Waals surface area contributed by atoms with Gasteiger partial charge >= 0.3 is 0 Å². The number of hydrogen-bond donors (Lipinski definition) is 1. The Labute approximate surface area is 180 Å². The first-order valence-corrected chi connectivity index (χ1v) is 11.7. The zero-order valence-corrected chi connectivity index (χ0v) is 19.6. The number of amides is 1. The van der Waals surface area contributed by atoms with E-state index in [1.165, 1.54) is 12.7 Å². The van der Waals surface area contributed by atoms with Gasteiger partial charge in [-0.1, -0.05) is 51.1 Å². The molecule has 0 unspecified atom stereocenters. The molecule has 0 heterocycles. The number of sulfonamides is 1. The topological polar surface area (TPSA) is 75.7 Å². The molecule has 2 aromatic carbocycles. The van der Waals surface area contributed by atoms with Crippen LogP contribution in [-0.4, -0.2) is 33.7 Å². The lowest BCUT2D eigenvalue weighted by Gasteiger charge is -2.29. The van der Waals surface area contributed by atoms with E-state index in [1.807, 2.05) is 19.1 Å². The number of rotatable bonds is 7. The first-order chi connectivity index (χ1) is 13.8. The molecule has 0 saturated carbocycles. The van der Waals surface area contributed by atoms with Gasteiger partial charge in [0.15, 0.2) is 0 Å². The van der Waals surface area contributed by atoms with Crippen molar-refractivity contribution in [2.24, 2.45) is 0 Å². The molecule has 164 valence electrons. The van der Waals surface area contributed by atoms with Crippen molar-refractivity contribution in [1.29, 1.82) is 0 Å². The molecule has 0 spiro atoms. The van der Waals surface area contributed by atoms with E-state index in [2.05, 4.69) is 38.2 Å². The molecule has 0 radical (unpaired) electrons. The van der Waals surface area contributed by atoms with Gasteiger partial charge in [-0.3, -0.25) is 9.10 Å². The molecule has 0 aliphatic carbocycles. The van der Waals surface area contributed by atoms with Gasteiger partial charge in [0.25, 0.3) is 0 Å². The lowest BCUT2D eigenvalue weighted by Crippen LogP contribution is -2.48. The Kier molecular flexibility index (Phi) is 7.18. The molecule has 0 saturated heterocycles. The van der Waals surface area contributed by atoms with Gasteiger partial charge in [0, 0.05) is 6.07 Å². The van der Waals surface area contributed by atoms with Crippen LogP contribution < -0.4 is 14.4 Å². The lowest BCUT2D eigenvalue weighted by molar-refractivity contribution is -0.122. The Balaban J connectivity index is 2.22. The van der Waals surface area contributed by atoms with Gasteiger partial charge in [0.1, 0.15) is 11.8 Å². The molecule has 2 rings (SSSR count). The van der Waals surface area contributed by atoms with Crippen molar-refractivity contribution in [2.45, 2.75) is 52.1 Å². The third-order valence-electron chi connectivity index (χ3n) is 5.03. The SMILES string of the molecule is COc1cccc(N([C@H](C)C(=O)N[C@@H](C)c2ccc(C(C)(C)C)cc2)S(C)(=O)=O)c1. The van der Waals surface area contributed by atoms with E-state index < -0.39 is 16.1 Å². The third kappa shape index (κ3) is 5.75. The van der Waals surface area contributed by atoms with E-state index in [4.69, 9.17) is 4.74 Å². The molecule has 0 aliphatic rings. The van der Waals surface area contributed by atoms with Crippen molar-refractivity contribution < 1.29 is 17.9 Å². The fourth-order valence-corrected chi connectivity index (χ4v) is 4.41. The van der Waals surface area contributed by atoms with Crippen LogP contribution in [0.4, 0.5) is 5.69 Å². The maximum atomic E-state index is 12.9. The molecule has 7 heteroatoms. The Morgan fingerprint density at radius 1 is 1.07 bits per heavy atom. The monoisotopic (exact) mass is 432 g/mol. The maximum Gasteiger partial charge on any atom is 0.244 e. The van der Waals surface area contributed by atoms with Crippen LogP contribution in [-0.2, 0) is 20.2 Å². The van der Waals surface area contributed by atoms with Crippen LogP contribution in [0, 0.1) is 0 Å². The summed E-state index contributed by atoms with van der Waals surface area (Å²) in [6.07, 6.45) is 1.09. The molecule has 1 amide bonds. The van der Waals surface area contributed by atoms with E-state index in [0.29, 0.717) is 11.4 Å². The molecule has 0 bridgehead atoms. The molecule has 30 heavy (non-hydrogen) atoms. The van der Waals surface area contributed by atoms with Crippen molar-refractivity contribution in [2.75, 3.05) is 17.7 Å². The zero-order chi connectivity index (χ0) is 22.7. The van der Waals surface area contributed by atoms with Crippen molar-refractivity contribution in [3.8, 4) is 5.75 Å². The molecule has 2 aromatic rings. The van der Waals surface area contributed by atoms with Crippen LogP contribution in [0.5, 0.6) is 5.75 Å². The number of benzene rings is 2. The summed E-state index contributed by atoms with van der Waals surface area (Å²) in [6.45, 7) is 9.89. The standard InChI is InChI=1S/C23H32N2O4S/c1-16(18-11-13-19(14-12-18)23(3,4)5)24-22(26)17(2)25(30(7,27)28)20-9-8-10-21(15-20)29-6/h8-17H,1-7H3,(H,24,26)/t16-,17+/m0/s1. The van der Waals surface area contributed by atoms with Gasteiger partial charge in [-0.05, 0) is 42.5 Å². The smallest absolute Gasteiger partial charge is 0.244 e. The molecule has 1 N–H and O–H groups in total. The Hall–Kier alpha value is -2.54. The minimum absolute atomic E-state index is 0.0479. The summed E-state index contributed by atoms with van der Waals surface area (Å²) in [6, 6.07) is 13.6. The second-order valence-corrected chi connectivity index (χ2v) is 10.4. The largest absolute Gasteiger partial charge is 0.497 e. The summed E-state index contributed by atoms with van der Waals surface area (Å²) in [5, 5.41) is 2.93. The number of nitrogens with zero attached hydrogens (tertiary/aromatic N) is 1. The highest BCUT2D eigenvalue weighted by molar-refractivity contribution is 7.92. The first-order valence-electron chi connectivity index (χ1n) is 9.89. The van der Waals surface area contributed by atoms with Crippen LogP contribution in [0.15, 0.2) is 48.5 Å².